The fraction of sp³-hybridized carbons (Fsp3) is 0.150. The van der Waals surface area contributed by atoms with Gasteiger partial charge in [0.15, 0.2) is 5.82 Å². The smallest absolute Gasteiger partial charge is 0.310 e. The van der Waals surface area contributed by atoms with Crippen LogP contribution in [0, 0.1) is 0 Å². The molecule has 0 unspecified atom stereocenters. The summed E-state index contributed by atoms with van der Waals surface area (Å²) < 4.78 is 12.4. The van der Waals surface area contributed by atoms with E-state index in [-0.39, 0.29) is 12.4 Å². The molecule has 1 aromatic carbocycles. The number of esters is 1. The van der Waals surface area contributed by atoms with Gasteiger partial charge in [0.05, 0.1) is 31.1 Å². The number of para-hydroxylation sites is 1. The van der Waals surface area contributed by atoms with Gasteiger partial charge in [-0.15, -0.1) is 0 Å². The Morgan fingerprint density at radius 3 is 3.00 bits per heavy atom. The number of ether oxygens (including phenoxy) is 1. The van der Waals surface area contributed by atoms with E-state index >= 15 is 0 Å². The molecule has 0 N–H and O–H groups in total. The lowest BCUT2D eigenvalue weighted by Gasteiger charge is -2.04. The van der Waals surface area contributed by atoms with Crippen LogP contribution in [-0.4, -0.2) is 27.1 Å². The van der Waals surface area contributed by atoms with Crippen LogP contribution in [0.2, 0.25) is 0 Å². The van der Waals surface area contributed by atoms with Crippen LogP contribution in [0.25, 0.3) is 28.0 Å². The Balaban J connectivity index is 1.64. The first-order valence-electron chi connectivity index (χ1n) is 8.36. The van der Waals surface area contributed by atoms with Crippen LogP contribution in [0.3, 0.4) is 0 Å². The number of carbonyl (C=O) groups excluding carboxylic acids is 1. The van der Waals surface area contributed by atoms with Gasteiger partial charge in [-0.25, -0.2) is 4.98 Å². The number of aromatic nitrogens is 3. The van der Waals surface area contributed by atoms with E-state index in [9.17, 15) is 4.79 Å². The normalized spacial score (nSPS) is 11.0. The van der Waals surface area contributed by atoms with Crippen LogP contribution >= 0.6 is 0 Å². The molecule has 0 radical (unpaired) electrons. The molecule has 0 aliphatic heterocycles. The van der Waals surface area contributed by atoms with Gasteiger partial charge in [-0.2, -0.15) is 0 Å². The van der Waals surface area contributed by atoms with Crippen molar-refractivity contribution in [2.24, 2.45) is 0 Å². The van der Waals surface area contributed by atoms with Crippen LogP contribution in [-0.2, 0) is 16.0 Å². The number of nitrogens with zero attached hydrogens (tertiary/aromatic N) is 3. The predicted octanol–water partition coefficient (Wildman–Crippen LogP) is 3.79. The number of furan rings is 1. The second-order valence-corrected chi connectivity index (χ2v) is 5.82. The van der Waals surface area contributed by atoms with Gasteiger partial charge in [-0.1, -0.05) is 18.2 Å². The molecule has 0 spiro atoms. The number of benzene rings is 1. The number of hydrogen-bond donors (Lipinski definition) is 0. The van der Waals surface area contributed by atoms with E-state index in [1.807, 2.05) is 47.3 Å². The van der Waals surface area contributed by atoms with Crippen molar-refractivity contribution < 1.29 is 13.9 Å². The van der Waals surface area contributed by atoms with Crippen molar-refractivity contribution in [3.63, 3.8) is 0 Å². The monoisotopic (exact) mass is 347 g/mol. The van der Waals surface area contributed by atoms with E-state index < -0.39 is 0 Å². The first kappa shape index (κ1) is 16.1. The SMILES string of the molecule is CCOC(=O)Cc1ccn(-c2cncc(-c3coc4ccccc34)n2)c1. The Morgan fingerprint density at radius 1 is 1.23 bits per heavy atom. The summed E-state index contributed by atoms with van der Waals surface area (Å²) >= 11 is 0. The zero-order chi connectivity index (χ0) is 17.9. The van der Waals surface area contributed by atoms with E-state index in [4.69, 9.17) is 9.15 Å². The maximum Gasteiger partial charge on any atom is 0.310 e. The standard InChI is InChI=1S/C20H17N3O3/c1-2-25-20(24)9-14-7-8-23(12-14)19-11-21-10-17(22-19)16-13-26-18-6-4-3-5-15(16)18/h3-8,10-13H,2,9H2,1H3. The van der Waals surface area contributed by atoms with Crippen molar-refractivity contribution in [2.45, 2.75) is 13.3 Å². The van der Waals surface area contributed by atoms with Crippen LogP contribution in [0.5, 0.6) is 0 Å². The highest BCUT2D eigenvalue weighted by Crippen LogP contribution is 2.29. The Morgan fingerprint density at radius 2 is 2.12 bits per heavy atom. The van der Waals surface area contributed by atoms with Crippen molar-refractivity contribution in [1.29, 1.82) is 0 Å². The molecule has 0 bridgehead atoms. The van der Waals surface area contributed by atoms with E-state index in [1.165, 1.54) is 0 Å². The van der Waals surface area contributed by atoms with E-state index in [1.54, 1.807) is 25.6 Å². The summed E-state index contributed by atoms with van der Waals surface area (Å²) in [6.45, 7) is 2.18. The summed E-state index contributed by atoms with van der Waals surface area (Å²) in [7, 11) is 0. The highest BCUT2D eigenvalue weighted by Gasteiger charge is 2.11. The second kappa shape index (κ2) is 6.84. The minimum atomic E-state index is -0.241. The minimum absolute atomic E-state index is 0.236. The summed E-state index contributed by atoms with van der Waals surface area (Å²) in [5.41, 5.74) is 3.30. The molecule has 6 nitrogen and oxygen atoms in total. The molecule has 6 heteroatoms. The van der Waals surface area contributed by atoms with Crippen LogP contribution in [0.4, 0.5) is 0 Å². The molecule has 130 valence electrons. The summed E-state index contributed by atoms with van der Waals surface area (Å²) in [5.74, 6) is 0.429. The maximum absolute atomic E-state index is 11.6. The molecular weight excluding hydrogens is 330 g/mol. The van der Waals surface area contributed by atoms with E-state index in [0.29, 0.717) is 12.4 Å². The maximum atomic E-state index is 11.6. The third-order valence-corrected chi connectivity index (χ3v) is 4.05. The van der Waals surface area contributed by atoms with Crippen LogP contribution in [0.1, 0.15) is 12.5 Å². The third-order valence-electron chi connectivity index (χ3n) is 4.05. The largest absolute Gasteiger partial charge is 0.466 e. The number of fused-ring (bicyclic) bond motifs is 1. The van der Waals surface area contributed by atoms with E-state index in [0.717, 1.165) is 27.8 Å². The van der Waals surface area contributed by atoms with Crippen LogP contribution in [0.15, 0.2) is 65.8 Å². The Bertz CT molecular complexity index is 1060. The molecule has 3 aromatic heterocycles. The van der Waals surface area contributed by atoms with Gasteiger partial charge in [-0.3, -0.25) is 9.78 Å². The van der Waals surface area contributed by atoms with Crippen molar-refractivity contribution in [3.8, 4) is 17.1 Å². The first-order valence-corrected chi connectivity index (χ1v) is 8.36. The lowest BCUT2D eigenvalue weighted by atomic mass is 10.1. The fourth-order valence-electron chi connectivity index (χ4n) is 2.85. The van der Waals surface area contributed by atoms with Crippen LogP contribution < -0.4 is 0 Å². The molecule has 3 heterocycles. The summed E-state index contributed by atoms with van der Waals surface area (Å²) in [5, 5.41) is 0.995. The molecule has 26 heavy (non-hydrogen) atoms. The van der Waals surface area contributed by atoms with Gasteiger partial charge in [-0.05, 0) is 24.6 Å². The van der Waals surface area contributed by atoms with Crippen molar-refractivity contribution in [3.05, 3.63) is 66.9 Å². The fourth-order valence-corrected chi connectivity index (χ4v) is 2.85. The molecule has 0 fully saturated rings. The van der Waals surface area contributed by atoms with Crippen molar-refractivity contribution in [2.75, 3.05) is 6.61 Å². The Hall–Kier alpha value is -3.41. The lowest BCUT2D eigenvalue weighted by molar-refractivity contribution is -0.142. The predicted molar refractivity (Wildman–Crippen MR) is 96.9 cm³/mol. The lowest BCUT2D eigenvalue weighted by Crippen LogP contribution is -2.06. The number of rotatable bonds is 5. The highest BCUT2D eigenvalue weighted by atomic mass is 16.5. The summed E-state index contributed by atoms with van der Waals surface area (Å²) in [6.07, 6.45) is 9.04. The second-order valence-electron chi connectivity index (χ2n) is 5.82. The molecule has 4 rings (SSSR count). The van der Waals surface area contributed by atoms with Gasteiger partial charge >= 0.3 is 5.97 Å². The van der Waals surface area contributed by atoms with Gasteiger partial charge in [0, 0.05) is 23.3 Å². The zero-order valence-electron chi connectivity index (χ0n) is 14.3. The van der Waals surface area contributed by atoms with Gasteiger partial charge in [0.25, 0.3) is 0 Å². The first-order chi connectivity index (χ1) is 12.7. The Kier molecular flexibility index (Phi) is 4.23. The highest BCUT2D eigenvalue weighted by molar-refractivity contribution is 5.92. The van der Waals surface area contributed by atoms with E-state index in [2.05, 4.69) is 9.97 Å². The van der Waals surface area contributed by atoms with Gasteiger partial charge in [0.2, 0.25) is 0 Å². The molecule has 0 atom stereocenters. The van der Waals surface area contributed by atoms with Crippen molar-refractivity contribution in [1.82, 2.24) is 14.5 Å². The number of hydrogen-bond acceptors (Lipinski definition) is 5. The average molecular weight is 347 g/mol. The molecule has 0 aliphatic carbocycles. The zero-order valence-corrected chi connectivity index (χ0v) is 14.3. The van der Waals surface area contributed by atoms with Crippen molar-refractivity contribution >= 4 is 16.9 Å². The molecule has 0 aliphatic rings. The quantitative estimate of drug-likeness (QED) is 0.514. The summed E-state index contributed by atoms with van der Waals surface area (Å²) in [6, 6.07) is 9.69. The summed E-state index contributed by atoms with van der Waals surface area (Å²) in [4.78, 5) is 20.6. The number of carbonyl (C=O) groups is 1. The molecule has 4 aromatic rings. The molecule has 0 saturated carbocycles. The molecule has 0 saturated heterocycles. The molecular formula is C20H17N3O3. The van der Waals surface area contributed by atoms with Gasteiger partial charge < -0.3 is 13.7 Å². The molecule has 0 amide bonds. The average Bonchev–Trinajstić information content (AvgIpc) is 3.29. The Labute approximate surface area is 150 Å². The van der Waals surface area contributed by atoms with Gasteiger partial charge in [0.1, 0.15) is 11.8 Å². The third kappa shape index (κ3) is 3.09. The topological polar surface area (TPSA) is 70.2 Å². The minimum Gasteiger partial charge on any atom is -0.466 e.